The molecule has 12 amide bonds. The number of hydrogen-bond acceptors (Lipinski definition) is 14. The lowest BCUT2D eigenvalue weighted by molar-refractivity contribution is -0.160. The van der Waals surface area contributed by atoms with Crippen molar-refractivity contribution < 1.29 is 75.4 Å². The number of aryl methyl sites for hydroxylation is 1. The molecule has 1 aromatic carbocycles. The predicted octanol–water partition coefficient (Wildman–Crippen LogP) is 4.71. The van der Waals surface area contributed by atoms with Gasteiger partial charge in [0.25, 0.3) is 0 Å². The topological polar surface area (TPSA) is 291 Å². The Morgan fingerprint density at radius 1 is 0.728 bits per heavy atom. The molecule has 3 aliphatic carbocycles. The first-order chi connectivity index (χ1) is 48.5. The van der Waals surface area contributed by atoms with Crippen LogP contribution in [0.3, 0.4) is 0 Å². The van der Waals surface area contributed by atoms with E-state index in [-0.39, 0.29) is 88.6 Å². The summed E-state index contributed by atoms with van der Waals surface area (Å²) in [7, 11) is 13.2. The molecule has 3 saturated carbocycles. The molecule has 103 heavy (non-hydrogen) atoms. The summed E-state index contributed by atoms with van der Waals surface area (Å²) in [6.45, 7) is 7.84. The van der Waals surface area contributed by atoms with Crippen molar-refractivity contribution in [3.8, 4) is 0 Å². The van der Waals surface area contributed by atoms with Gasteiger partial charge >= 0.3 is 6.18 Å². The first-order valence-electron chi connectivity index (χ1n) is 36.9. The third kappa shape index (κ3) is 21.8. The van der Waals surface area contributed by atoms with E-state index >= 15 is 19.2 Å². The lowest BCUT2D eigenvalue weighted by Crippen LogP contribution is -2.65. The molecule has 1 aromatic rings. The van der Waals surface area contributed by atoms with Crippen LogP contribution in [-0.2, 0) is 74.9 Å². The number of halogens is 4. The number of amides is 12. The lowest BCUT2D eigenvalue weighted by atomic mass is 9.84. The lowest BCUT2D eigenvalue weighted by Gasteiger charge is -2.45. The highest BCUT2D eigenvalue weighted by atomic mass is 35.5. The van der Waals surface area contributed by atoms with Crippen molar-refractivity contribution in [2.24, 2.45) is 23.7 Å². The van der Waals surface area contributed by atoms with Gasteiger partial charge in [0.15, 0.2) is 0 Å². The number of carbonyl (C=O) groups excluding carboxylic acids is 12. The normalized spacial score (nSPS) is 26.1. The Labute approximate surface area is 611 Å². The van der Waals surface area contributed by atoms with Crippen LogP contribution in [0, 0.1) is 23.7 Å². The smallest absolute Gasteiger partial charge is 0.378 e. The first-order valence-corrected chi connectivity index (χ1v) is 37.2. The summed E-state index contributed by atoms with van der Waals surface area (Å²) in [5, 5.41) is 11.0. The molecule has 26 nitrogen and oxygen atoms in total. The molecule has 4 N–H and O–H groups in total. The van der Waals surface area contributed by atoms with Gasteiger partial charge in [0.05, 0.1) is 43.3 Å². The Balaban J connectivity index is 1.46. The summed E-state index contributed by atoms with van der Waals surface area (Å²) in [6.07, 6.45) is 3.18. The zero-order valence-corrected chi connectivity index (χ0v) is 63.9. The highest BCUT2D eigenvalue weighted by molar-refractivity contribution is 6.31. The average Bonchev–Trinajstić information content (AvgIpc) is 1.76. The summed E-state index contributed by atoms with van der Waals surface area (Å²) >= 11 is 6.18. The molecule has 6 rings (SSSR count). The second-order valence-corrected chi connectivity index (χ2v) is 30.4. The number of rotatable bonds is 17. The van der Waals surface area contributed by atoms with E-state index < -0.39 is 173 Å². The van der Waals surface area contributed by atoms with Crippen LogP contribution in [0.15, 0.2) is 18.2 Å². The molecule has 30 heteroatoms. The van der Waals surface area contributed by atoms with Crippen LogP contribution in [-0.4, -0.2) is 278 Å². The minimum Gasteiger partial charge on any atom is -0.378 e. The standard InChI is InChI=1S/C73H115ClF3N13O13/c1-15-46(4)61-69(100)84(10)47(5)64(95)90-35-31-54(90)68(99)86(12)56(41-48-23-17-16-18-24-48)67(98)83(9)43-58(91)79-53(30-28-49-27-29-51(52(74)40-49)73(75,76)77)65(96)89(36-38-103-37-34-78-6)44-59(92)81-72(32-21-22-33-72)71(102)88(14)62(50-25-19-20-26-50)70(101)87(13)57(66(97)82(7)8)42-60(93)85(11)55(39-45(2)3)63(94)80-61/h27,29,40,45-48,50,53-57,61-62,78H,15-26,28,30-39,41-44H2,1-14H3,(H,79,91)(H,80,94)(H,81,92)/t46-,47-,53-,54?,55-,56-,57-,61-,62-/m0/s1. The number of ether oxygens (including phenoxy) is 1. The average molecular weight is 1480 g/mol. The van der Waals surface area contributed by atoms with E-state index in [0.29, 0.717) is 38.6 Å². The fourth-order valence-corrected chi connectivity index (χ4v) is 15.4. The summed E-state index contributed by atoms with van der Waals surface area (Å²) in [6, 6.07) is -6.86. The highest BCUT2D eigenvalue weighted by Crippen LogP contribution is 2.38. The van der Waals surface area contributed by atoms with E-state index in [1.54, 1.807) is 14.0 Å². The maximum atomic E-state index is 15.6. The van der Waals surface area contributed by atoms with Gasteiger partial charge in [0, 0.05) is 76.0 Å². The number of benzene rings is 1. The summed E-state index contributed by atoms with van der Waals surface area (Å²) < 4.78 is 47.7. The van der Waals surface area contributed by atoms with E-state index in [4.69, 9.17) is 16.3 Å². The number of hydrogen-bond donors (Lipinski definition) is 4. The predicted molar refractivity (Wildman–Crippen MR) is 381 cm³/mol. The van der Waals surface area contributed by atoms with Gasteiger partial charge in [-0.1, -0.05) is 110 Å². The summed E-state index contributed by atoms with van der Waals surface area (Å²) in [4.78, 5) is 191. The molecule has 0 bridgehead atoms. The molecule has 1 spiro atoms. The SMILES string of the molecule is CC[C@H](C)[C@@H]1NC(=O)[C@H](CC(C)C)N(C)C(=O)C[C@@H](C(=O)N(C)C)N(C)C(=O)[C@H](C2CCCC2)N(C)C(=O)C2(CCCC2)NC(=O)CN(CCOCCNC)C(=O)[C@H](CCc2ccc(C(F)(F)F)c(Cl)c2)NC(=O)CN(C)C(=O)[C@H](CC2CCCCC2)N(C)C(=O)C2CCN2C(=O)[C@H](C)N(C)C1=O. The zero-order valence-electron chi connectivity index (χ0n) is 63.1. The van der Waals surface area contributed by atoms with Crippen LogP contribution in [0.25, 0.3) is 0 Å². The fourth-order valence-electron chi connectivity index (χ4n) is 15.1. The van der Waals surface area contributed by atoms with Gasteiger partial charge in [-0.15, -0.1) is 0 Å². The fraction of sp³-hybridized carbons (Fsp3) is 0.753. The van der Waals surface area contributed by atoms with Crippen molar-refractivity contribution in [1.29, 1.82) is 0 Å². The Kier molecular flexibility index (Phi) is 31.5. The van der Waals surface area contributed by atoms with Crippen molar-refractivity contribution in [2.45, 2.75) is 223 Å². The molecule has 0 aromatic heterocycles. The van der Waals surface area contributed by atoms with Gasteiger partial charge in [-0.25, -0.2) is 0 Å². The number of nitrogens with zero attached hydrogens (tertiary/aromatic N) is 9. The number of alkyl halides is 3. The Hall–Kier alpha value is -7.14. The van der Waals surface area contributed by atoms with Crippen molar-refractivity contribution in [2.75, 3.05) is 109 Å². The number of fused-ring (bicyclic) bond motifs is 1. The molecule has 9 atom stereocenters. The monoisotopic (exact) mass is 1470 g/mol. The number of carbonyl (C=O) groups is 12. The van der Waals surface area contributed by atoms with E-state index in [9.17, 15) is 51.5 Å². The summed E-state index contributed by atoms with van der Waals surface area (Å²) in [5.41, 5.74) is -2.44. The van der Waals surface area contributed by atoms with Crippen LogP contribution >= 0.6 is 11.6 Å². The maximum Gasteiger partial charge on any atom is 0.417 e. The Morgan fingerprint density at radius 3 is 1.94 bits per heavy atom. The van der Waals surface area contributed by atoms with Gasteiger partial charge in [-0.3, -0.25) is 57.5 Å². The number of likely N-dealkylation sites (N-methyl/N-ethyl adjacent to an activating group) is 8. The van der Waals surface area contributed by atoms with E-state index in [1.807, 2.05) is 20.8 Å². The highest BCUT2D eigenvalue weighted by Gasteiger charge is 2.51. The van der Waals surface area contributed by atoms with Crippen LogP contribution in [0.1, 0.15) is 168 Å². The molecule has 578 valence electrons. The molecule has 5 fully saturated rings. The van der Waals surface area contributed by atoms with E-state index in [1.165, 1.54) is 104 Å². The van der Waals surface area contributed by atoms with Gasteiger partial charge in [0.2, 0.25) is 70.9 Å². The van der Waals surface area contributed by atoms with Crippen molar-refractivity contribution in [3.63, 3.8) is 0 Å². The van der Waals surface area contributed by atoms with Gasteiger partial charge in [-0.2, -0.15) is 13.2 Å². The van der Waals surface area contributed by atoms with Crippen LogP contribution in [0.5, 0.6) is 0 Å². The second kappa shape index (κ2) is 38.2. The Morgan fingerprint density at radius 2 is 1.37 bits per heavy atom. The van der Waals surface area contributed by atoms with Crippen LogP contribution in [0.4, 0.5) is 13.2 Å². The maximum absolute atomic E-state index is 15.6. The van der Waals surface area contributed by atoms with E-state index in [0.717, 1.165) is 66.9 Å². The van der Waals surface area contributed by atoms with Crippen molar-refractivity contribution in [3.05, 3.63) is 34.3 Å². The molecule has 2 heterocycles. The van der Waals surface area contributed by atoms with Crippen LogP contribution in [0.2, 0.25) is 5.02 Å². The summed E-state index contributed by atoms with van der Waals surface area (Å²) in [5.74, 6) is -9.22. The van der Waals surface area contributed by atoms with Gasteiger partial charge in [0.1, 0.15) is 53.9 Å². The van der Waals surface area contributed by atoms with Gasteiger partial charge in [-0.05, 0) is 113 Å². The molecule has 5 aliphatic rings. The number of nitrogens with one attached hydrogen (secondary N) is 4. The molecular weight excluding hydrogens is 1360 g/mol. The molecular formula is C73H115ClF3N13O13. The quantitative estimate of drug-likeness (QED) is 0.154. The van der Waals surface area contributed by atoms with Gasteiger partial charge < -0.3 is 70.1 Å². The molecule has 2 aliphatic heterocycles. The first kappa shape index (κ1) is 84.8. The zero-order chi connectivity index (χ0) is 76.5. The minimum absolute atomic E-state index is 0.00477. The largest absolute Gasteiger partial charge is 0.417 e. The molecule has 2 saturated heterocycles. The third-order valence-corrected chi connectivity index (χ3v) is 22.3. The molecule has 1 unspecified atom stereocenters. The third-order valence-electron chi connectivity index (χ3n) is 22.0. The van der Waals surface area contributed by atoms with E-state index in [2.05, 4.69) is 21.3 Å². The minimum atomic E-state index is -4.78. The van der Waals surface area contributed by atoms with Crippen LogP contribution < -0.4 is 21.3 Å². The second-order valence-electron chi connectivity index (χ2n) is 30.0. The van der Waals surface area contributed by atoms with Crippen molar-refractivity contribution >= 4 is 82.5 Å². The Bertz CT molecular complexity index is 3160. The van der Waals surface area contributed by atoms with Crippen molar-refractivity contribution in [1.82, 2.24) is 65.4 Å². The molecule has 0 radical (unpaired) electrons.